The summed E-state index contributed by atoms with van der Waals surface area (Å²) in [4.78, 5) is 18.1. The number of urea groups is 1. The minimum Gasteiger partial charge on any atom is -0.387 e. The summed E-state index contributed by atoms with van der Waals surface area (Å²) in [5.74, 6) is 0.310. The van der Waals surface area contributed by atoms with Crippen molar-refractivity contribution in [2.24, 2.45) is 5.92 Å². The van der Waals surface area contributed by atoms with E-state index in [1.165, 1.54) is 11.3 Å². The number of aliphatic hydroxyl groups is 1. The number of carbonyl (C=O) groups is 1. The average Bonchev–Trinajstić information content (AvgIpc) is 2.99. The lowest BCUT2D eigenvalue weighted by molar-refractivity contribution is 0.121. The maximum absolute atomic E-state index is 12.4. The lowest BCUT2D eigenvalue weighted by Gasteiger charge is -2.27. The Bertz CT molecular complexity index is 572. The van der Waals surface area contributed by atoms with Crippen LogP contribution >= 0.6 is 11.3 Å². The second-order valence-corrected chi connectivity index (χ2v) is 6.39. The van der Waals surface area contributed by atoms with Crippen molar-refractivity contribution in [2.45, 2.75) is 20.0 Å². The van der Waals surface area contributed by atoms with Crippen LogP contribution in [0.3, 0.4) is 0 Å². The number of aliphatic hydroxyl groups excluding tert-OH is 1. The number of thiazole rings is 1. The first-order valence-corrected chi connectivity index (χ1v) is 8.12. The minimum atomic E-state index is -0.706. The number of benzene rings is 1. The third-order valence-corrected chi connectivity index (χ3v) is 3.79. The first-order chi connectivity index (χ1) is 10.6. The van der Waals surface area contributed by atoms with Crippen molar-refractivity contribution < 1.29 is 9.90 Å². The molecule has 0 saturated carbocycles. The zero-order valence-corrected chi connectivity index (χ0v) is 13.6. The topological polar surface area (TPSA) is 65.5 Å². The number of hydrogen-bond acceptors (Lipinski definition) is 4. The molecule has 0 saturated heterocycles. The molecular formula is C16H21N3O2S. The summed E-state index contributed by atoms with van der Waals surface area (Å²) in [6, 6.07) is 9.13. The van der Waals surface area contributed by atoms with Crippen molar-refractivity contribution in [1.29, 1.82) is 0 Å². The Morgan fingerprint density at radius 3 is 2.64 bits per heavy atom. The van der Waals surface area contributed by atoms with Crippen LogP contribution in [0.1, 0.15) is 25.5 Å². The number of hydrogen-bond donors (Lipinski definition) is 2. The highest BCUT2D eigenvalue weighted by Gasteiger charge is 2.20. The van der Waals surface area contributed by atoms with Crippen LogP contribution < -0.4 is 5.32 Å². The molecule has 22 heavy (non-hydrogen) atoms. The summed E-state index contributed by atoms with van der Waals surface area (Å²) < 4.78 is 0. The molecular weight excluding hydrogens is 298 g/mol. The fourth-order valence-electron chi connectivity index (χ4n) is 2.13. The van der Waals surface area contributed by atoms with E-state index in [4.69, 9.17) is 0 Å². The molecule has 5 nitrogen and oxygen atoms in total. The van der Waals surface area contributed by atoms with Crippen molar-refractivity contribution in [3.63, 3.8) is 0 Å². The number of anilines is 1. The molecule has 1 heterocycles. The van der Waals surface area contributed by atoms with E-state index in [1.807, 2.05) is 44.2 Å². The fourth-order valence-corrected chi connectivity index (χ4v) is 2.64. The van der Waals surface area contributed by atoms with E-state index in [-0.39, 0.29) is 12.6 Å². The van der Waals surface area contributed by atoms with E-state index in [0.29, 0.717) is 17.6 Å². The zero-order valence-electron chi connectivity index (χ0n) is 12.8. The van der Waals surface area contributed by atoms with Crippen molar-refractivity contribution in [2.75, 3.05) is 18.4 Å². The summed E-state index contributed by atoms with van der Waals surface area (Å²) in [5.41, 5.74) is 0.804. The smallest absolute Gasteiger partial charge is 0.323 e. The van der Waals surface area contributed by atoms with Gasteiger partial charge in [-0.1, -0.05) is 44.2 Å². The van der Waals surface area contributed by atoms with Crippen LogP contribution in [0.2, 0.25) is 0 Å². The van der Waals surface area contributed by atoms with Crippen LogP contribution in [0.5, 0.6) is 0 Å². The van der Waals surface area contributed by atoms with Crippen LogP contribution in [-0.4, -0.2) is 34.1 Å². The molecule has 6 heteroatoms. The number of aromatic nitrogens is 1. The third-order valence-electron chi connectivity index (χ3n) is 3.10. The Morgan fingerprint density at radius 2 is 2.05 bits per heavy atom. The van der Waals surface area contributed by atoms with Crippen molar-refractivity contribution >= 4 is 22.5 Å². The van der Waals surface area contributed by atoms with Gasteiger partial charge in [0.1, 0.15) is 0 Å². The molecule has 2 aromatic rings. The molecule has 0 fully saturated rings. The standard InChI is InChI=1S/C16H21N3O2S/c1-12(2)10-19(16(21)18-15-17-8-9-22-15)11-14(20)13-6-4-3-5-7-13/h3-9,12,14,20H,10-11H2,1-2H3,(H,17,18,21). The normalized spacial score (nSPS) is 12.2. The highest BCUT2D eigenvalue weighted by molar-refractivity contribution is 7.13. The Balaban J connectivity index is 2.03. The van der Waals surface area contributed by atoms with Crippen molar-refractivity contribution in [1.82, 2.24) is 9.88 Å². The van der Waals surface area contributed by atoms with Gasteiger partial charge in [0.2, 0.25) is 0 Å². The van der Waals surface area contributed by atoms with E-state index in [0.717, 1.165) is 5.56 Å². The summed E-state index contributed by atoms with van der Waals surface area (Å²) in [5, 5.41) is 15.5. The average molecular weight is 319 g/mol. The molecule has 0 spiro atoms. The molecule has 1 aromatic carbocycles. The zero-order chi connectivity index (χ0) is 15.9. The Morgan fingerprint density at radius 1 is 1.32 bits per heavy atom. The number of nitrogens with zero attached hydrogens (tertiary/aromatic N) is 2. The van der Waals surface area contributed by atoms with Gasteiger partial charge < -0.3 is 10.0 Å². The summed E-state index contributed by atoms with van der Waals surface area (Å²) in [7, 11) is 0. The van der Waals surface area contributed by atoms with Crippen LogP contribution in [0.4, 0.5) is 9.93 Å². The SMILES string of the molecule is CC(C)CN(CC(O)c1ccccc1)C(=O)Nc1nccs1. The van der Waals surface area contributed by atoms with Crippen LogP contribution in [-0.2, 0) is 0 Å². The minimum absolute atomic E-state index is 0.237. The second kappa shape index (κ2) is 7.91. The molecule has 118 valence electrons. The van der Waals surface area contributed by atoms with Crippen molar-refractivity contribution in [3.05, 3.63) is 47.5 Å². The van der Waals surface area contributed by atoms with Gasteiger partial charge in [-0.3, -0.25) is 5.32 Å². The fraction of sp³-hybridized carbons (Fsp3) is 0.375. The highest BCUT2D eigenvalue weighted by atomic mass is 32.1. The van der Waals surface area contributed by atoms with Crippen LogP contribution in [0, 0.1) is 5.92 Å². The van der Waals surface area contributed by atoms with Crippen molar-refractivity contribution in [3.8, 4) is 0 Å². The molecule has 0 aliphatic rings. The van der Waals surface area contributed by atoms with Gasteiger partial charge in [0, 0.05) is 18.1 Å². The molecule has 0 aliphatic heterocycles. The largest absolute Gasteiger partial charge is 0.387 e. The number of nitrogens with one attached hydrogen (secondary N) is 1. The number of carbonyl (C=O) groups excluding carboxylic acids is 1. The number of rotatable bonds is 6. The first-order valence-electron chi connectivity index (χ1n) is 7.24. The maximum atomic E-state index is 12.4. The highest BCUT2D eigenvalue weighted by Crippen LogP contribution is 2.17. The first kappa shape index (κ1) is 16.5. The van der Waals surface area contributed by atoms with Crippen LogP contribution in [0.25, 0.3) is 0 Å². The van der Waals surface area contributed by atoms with E-state index >= 15 is 0 Å². The van der Waals surface area contributed by atoms with Gasteiger partial charge in [-0.15, -0.1) is 11.3 Å². The van der Waals surface area contributed by atoms with E-state index in [1.54, 1.807) is 16.5 Å². The molecule has 1 atom stereocenters. The van der Waals surface area contributed by atoms with Gasteiger partial charge in [-0.25, -0.2) is 9.78 Å². The molecule has 0 aliphatic carbocycles. The van der Waals surface area contributed by atoms with E-state index < -0.39 is 6.10 Å². The lowest BCUT2D eigenvalue weighted by atomic mass is 10.1. The maximum Gasteiger partial charge on any atom is 0.323 e. The molecule has 0 bridgehead atoms. The molecule has 2 amide bonds. The quantitative estimate of drug-likeness (QED) is 0.858. The van der Waals surface area contributed by atoms with Gasteiger partial charge in [-0.2, -0.15) is 0 Å². The molecule has 1 aromatic heterocycles. The summed E-state index contributed by atoms with van der Waals surface area (Å²) in [6.45, 7) is 4.90. The van der Waals surface area contributed by atoms with Crippen LogP contribution in [0.15, 0.2) is 41.9 Å². The third kappa shape index (κ3) is 4.82. The second-order valence-electron chi connectivity index (χ2n) is 5.49. The van der Waals surface area contributed by atoms with Gasteiger partial charge in [0.05, 0.1) is 12.6 Å². The molecule has 1 unspecified atom stereocenters. The molecule has 2 N–H and O–H groups in total. The Hall–Kier alpha value is -1.92. The van der Waals surface area contributed by atoms with Gasteiger partial charge in [0.25, 0.3) is 0 Å². The van der Waals surface area contributed by atoms with E-state index in [9.17, 15) is 9.90 Å². The summed E-state index contributed by atoms with van der Waals surface area (Å²) >= 11 is 1.37. The lowest BCUT2D eigenvalue weighted by Crippen LogP contribution is -2.40. The predicted molar refractivity (Wildman–Crippen MR) is 88.9 cm³/mol. The predicted octanol–water partition coefficient (Wildman–Crippen LogP) is 3.37. The summed E-state index contributed by atoms with van der Waals surface area (Å²) in [6.07, 6.45) is 0.938. The molecule has 0 radical (unpaired) electrons. The number of amides is 2. The van der Waals surface area contributed by atoms with Gasteiger partial charge >= 0.3 is 6.03 Å². The van der Waals surface area contributed by atoms with E-state index in [2.05, 4.69) is 10.3 Å². The molecule has 2 rings (SSSR count). The van der Waals surface area contributed by atoms with Gasteiger partial charge in [-0.05, 0) is 11.5 Å². The Kier molecular flexibility index (Phi) is 5.91. The Labute approximate surface area is 134 Å². The van der Waals surface area contributed by atoms with Gasteiger partial charge in [0.15, 0.2) is 5.13 Å². The monoisotopic (exact) mass is 319 g/mol.